The van der Waals surface area contributed by atoms with E-state index < -0.39 is 0 Å². The van der Waals surface area contributed by atoms with Crippen LogP contribution < -0.4 is 9.47 Å². The van der Waals surface area contributed by atoms with Crippen LogP contribution in [0.1, 0.15) is 18.2 Å². The number of rotatable bonds is 4. The zero-order valence-electron chi connectivity index (χ0n) is 14.9. The fraction of sp³-hybridized carbons (Fsp3) is 0.286. The lowest BCUT2D eigenvalue weighted by Crippen LogP contribution is -2.13. The topological polar surface area (TPSA) is 36.3 Å². The van der Waals surface area contributed by atoms with Gasteiger partial charge in [0.25, 0.3) is 0 Å². The first-order valence-electron chi connectivity index (χ1n) is 8.66. The number of aryl methyl sites for hydroxylation is 2. The Bertz CT molecular complexity index is 913. The first-order chi connectivity index (χ1) is 12.3. The third-order valence-electron chi connectivity index (χ3n) is 4.88. The van der Waals surface area contributed by atoms with Gasteiger partial charge in [-0.2, -0.15) is 0 Å². The maximum Gasteiger partial charge on any atom is 0.161 e. The molecule has 0 amide bonds. The van der Waals surface area contributed by atoms with E-state index in [1.807, 2.05) is 6.07 Å². The lowest BCUT2D eigenvalue weighted by Gasteiger charge is -2.23. The van der Waals surface area contributed by atoms with Gasteiger partial charge in [0.15, 0.2) is 11.5 Å². The van der Waals surface area contributed by atoms with Gasteiger partial charge in [0.05, 0.1) is 25.6 Å². The smallest absolute Gasteiger partial charge is 0.161 e. The lowest BCUT2D eigenvalue weighted by molar-refractivity contribution is 0.354. The number of methoxy groups -OCH3 is 2. The summed E-state index contributed by atoms with van der Waals surface area (Å²) in [5, 5.41) is 0. The van der Waals surface area contributed by atoms with Gasteiger partial charge in [-0.3, -0.25) is 0 Å². The zero-order chi connectivity index (χ0) is 17.4. The average Bonchev–Trinajstić information content (AvgIpc) is 3.06. The Morgan fingerprint density at radius 3 is 2.44 bits per heavy atom. The molecule has 0 N–H and O–H groups in total. The second kappa shape index (κ2) is 6.28. The summed E-state index contributed by atoms with van der Waals surface area (Å²) in [7, 11) is 3.36. The summed E-state index contributed by atoms with van der Waals surface area (Å²) in [4.78, 5) is 4.97. The van der Waals surface area contributed by atoms with E-state index in [1.165, 1.54) is 16.8 Å². The van der Waals surface area contributed by atoms with E-state index in [0.29, 0.717) is 0 Å². The van der Waals surface area contributed by atoms with Gasteiger partial charge in [0.1, 0.15) is 5.82 Å². The normalized spacial score (nSPS) is 12.4. The van der Waals surface area contributed by atoms with Crippen LogP contribution in [0.15, 0.2) is 42.5 Å². The van der Waals surface area contributed by atoms with Crippen molar-refractivity contribution in [2.24, 2.45) is 0 Å². The summed E-state index contributed by atoms with van der Waals surface area (Å²) >= 11 is 0. The van der Waals surface area contributed by atoms with Gasteiger partial charge in [-0.15, -0.1) is 0 Å². The molecular weight excluding hydrogens is 312 g/mol. The Kier molecular flexibility index (Phi) is 3.96. The Labute approximate surface area is 148 Å². The molecule has 4 heteroatoms. The molecule has 0 radical (unpaired) electrons. The zero-order valence-corrected chi connectivity index (χ0v) is 14.9. The summed E-state index contributed by atoms with van der Waals surface area (Å²) in [6, 6.07) is 14.6. The van der Waals surface area contributed by atoms with E-state index in [-0.39, 0.29) is 0 Å². The molecule has 3 aromatic rings. The fourth-order valence-electron chi connectivity index (χ4n) is 3.66. The summed E-state index contributed by atoms with van der Waals surface area (Å²) in [5.74, 6) is 2.60. The molecule has 0 aliphatic carbocycles. The van der Waals surface area contributed by atoms with E-state index in [4.69, 9.17) is 14.5 Å². The van der Waals surface area contributed by atoms with Gasteiger partial charge in [-0.25, -0.2) is 4.98 Å². The summed E-state index contributed by atoms with van der Waals surface area (Å²) in [6.45, 7) is 3.09. The number of imidazole rings is 1. The van der Waals surface area contributed by atoms with Crippen LogP contribution in [-0.2, 0) is 19.4 Å². The minimum Gasteiger partial charge on any atom is -0.493 e. The van der Waals surface area contributed by atoms with Crippen LogP contribution in [0, 0.1) is 0 Å². The third kappa shape index (κ3) is 2.49. The second-order valence-electron chi connectivity index (χ2n) is 6.22. The predicted octanol–water partition coefficient (Wildman–Crippen LogP) is 4.35. The first kappa shape index (κ1) is 15.8. The highest BCUT2D eigenvalue weighted by atomic mass is 16.5. The Morgan fingerprint density at radius 1 is 1.04 bits per heavy atom. The van der Waals surface area contributed by atoms with Crippen molar-refractivity contribution in [2.45, 2.75) is 26.3 Å². The highest BCUT2D eigenvalue weighted by molar-refractivity contribution is 5.75. The van der Waals surface area contributed by atoms with Crippen LogP contribution in [-0.4, -0.2) is 23.8 Å². The van der Waals surface area contributed by atoms with Crippen molar-refractivity contribution in [1.82, 2.24) is 9.55 Å². The standard InChI is InChI=1S/C21H22N2O2/c1-4-17-20-16-13-19(25-3)18(24-2)12-15(16)10-11-23(20)21(22-17)14-8-6-5-7-9-14/h5-9,12-13H,4,10-11H2,1-3H3. The van der Waals surface area contributed by atoms with Gasteiger partial charge in [0, 0.05) is 17.7 Å². The number of benzene rings is 2. The lowest BCUT2D eigenvalue weighted by atomic mass is 9.95. The van der Waals surface area contributed by atoms with Crippen LogP contribution in [0.2, 0.25) is 0 Å². The Hall–Kier alpha value is -2.75. The van der Waals surface area contributed by atoms with Crippen LogP contribution in [0.25, 0.3) is 22.6 Å². The van der Waals surface area contributed by atoms with Crippen molar-refractivity contribution < 1.29 is 9.47 Å². The summed E-state index contributed by atoms with van der Waals surface area (Å²) in [5.41, 5.74) is 6.00. The number of nitrogens with zero attached hydrogens (tertiary/aromatic N) is 2. The van der Waals surface area contributed by atoms with E-state index in [1.54, 1.807) is 14.2 Å². The largest absolute Gasteiger partial charge is 0.493 e. The minimum atomic E-state index is 0.763. The Morgan fingerprint density at radius 2 is 1.76 bits per heavy atom. The monoisotopic (exact) mass is 334 g/mol. The molecule has 0 fully saturated rings. The highest BCUT2D eigenvalue weighted by Crippen LogP contribution is 2.41. The fourth-order valence-corrected chi connectivity index (χ4v) is 3.66. The van der Waals surface area contributed by atoms with Crippen LogP contribution in [0.5, 0.6) is 11.5 Å². The van der Waals surface area contributed by atoms with Crippen LogP contribution in [0.4, 0.5) is 0 Å². The number of hydrogen-bond acceptors (Lipinski definition) is 3. The molecule has 1 aromatic heterocycles. The molecule has 0 saturated heterocycles. The number of aromatic nitrogens is 2. The molecule has 0 atom stereocenters. The molecule has 2 aromatic carbocycles. The van der Waals surface area contributed by atoms with Crippen molar-refractivity contribution in [3.8, 4) is 34.1 Å². The molecular formula is C21H22N2O2. The Balaban J connectivity index is 1.95. The molecule has 2 heterocycles. The maximum atomic E-state index is 5.53. The predicted molar refractivity (Wildman–Crippen MR) is 99.3 cm³/mol. The van der Waals surface area contributed by atoms with Crippen molar-refractivity contribution >= 4 is 0 Å². The second-order valence-corrected chi connectivity index (χ2v) is 6.22. The molecule has 128 valence electrons. The molecule has 25 heavy (non-hydrogen) atoms. The molecule has 4 rings (SSSR count). The first-order valence-corrected chi connectivity index (χ1v) is 8.66. The number of fused-ring (bicyclic) bond motifs is 3. The average molecular weight is 334 g/mol. The van der Waals surface area contributed by atoms with Gasteiger partial charge < -0.3 is 14.0 Å². The molecule has 0 spiro atoms. The molecule has 0 bridgehead atoms. The van der Waals surface area contributed by atoms with Gasteiger partial charge >= 0.3 is 0 Å². The van der Waals surface area contributed by atoms with E-state index >= 15 is 0 Å². The molecule has 0 saturated carbocycles. The molecule has 1 aliphatic rings. The van der Waals surface area contributed by atoms with Crippen LogP contribution >= 0.6 is 0 Å². The quantitative estimate of drug-likeness (QED) is 0.711. The summed E-state index contributed by atoms with van der Waals surface area (Å²) in [6.07, 6.45) is 1.86. The van der Waals surface area contributed by atoms with Crippen molar-refractivity contribution in [2.75, 3.05) is 14.2 Å². The maximum absolute atomic E-state index is 5.53. The molecule has 0 unspecified atom stereocenters. The van der Waals surface area contributed by atoms with Gasteiger partial charge in [-0.05, 0) is 30.5 Å². The van der Waals surface area contributed by atoms with Gasteiger partial charge in [0.2, 0.25) is 0 Å². The summed E-state index contributed by atoms with van der Waals surface area (Å²) < 4.78 is 13.4. The highest BCUT2D eigenvalue weighted by Gasteiger charge is 2.26. The number of ether oxygens (including phenoxy) is 2. The van der Waals surface area contributed by atoms with Gasteiger partial charge in [-0.1, -0.05) is 37.3 Å². The van der Waals surface area contributed by atoms with Crippen LogP contribution in [0.3, 0.4) is 0 Å². The number of hydrogen-bond donors (Lipinski definition) is 0. The minimum absolute atomic E-state index is 0.763. The van der Waals surface area contributed by atoms with E-state index in [9.17, 15) is 0 Å². The van der Waals surface area contributed by atoms with E-state index in [0.717, 1.165) is 48.0 Å². The molecule has 1 aliphatic heterocycles. The third-order valence-corrected chi connectivity index (χ3v) is 4.88. The van der Waals surface area contributed by atoms with Crippen molar-refractivity contribution in [3.05, 3.63) is 53.7 Å². The molecule has 4 nitrogen and oxygen atoms in total. The van der Waals surface area contributed by atoms with Crippen molar-refractivity contribution in [1.29, 1.82) is 0 Å². The van der Waals surface area contributed by atoms with Crippen molar-refractivity contribution in [3.63, 3.8) is 0 Å². The SMILES string of the molecule is CCc1nc(-c2ccccc2)n2c1-c1cc(OC)c(OC)cc1CC2. The van der Waals surface area contributed by atoms with E-state index in [2.05, 4.69) is 47.9 Å².